The number of hydrogen-bond donors (Lipinski definition) is 1. The normalized spacial score (nSPS) is 26.8. The summed E-state index contributed by atoms with van der Waals surface area (Å²) >= 11 is 9.50. The molecule has 2 aliphatic heterocycles. The van der Waals surface area contributed by atoms with Crippen molar-refractivity contribution in [1.82, 2.24) is 0 Å². The van der Waals surface area contributed by atoms with E-state index in [1.807, 2.05) is 18.2 Å². The van der Waals surface area contributed by atoms with E-state index in [-0.39, 0.29) is 5.54 Å². The molecule has 102 valence electrons. The van der Waals surface area contributed by atoms with Crippen LogP contribution in [0.5, 0.6) is 0 Å². The monoisotopic (exact) mass is 343 g/mol. The van der Waals surface area contributed by atoms with E-state index >= 15 is 0 Å². The summed E-state index contributed by atoms with van der Waals surface area (Å²) in [6.07, 6.45) is 2.07. The maximum absolute atomic E-state index is 6.08. The van der Waals surface area contributed by atoms with Gasteiger partial charge in [0.2, 0.25) is 0 Å². The molecule has 0 radical (unpaired) electrons. The first kappa shape index (κ1) is 13.2. The van der Waals surface area contributed by atoms with E-state index in [9.17, 15) is 0 Å². The van der Waals surface area contributed by atoms with Crippen molar-refractivity contribution in [3.05, 3.63) is 27.7 Å². The highest BCUT2D eigenvalue weighted by Gasteiger charge is 2.44. The summed E-state index contributed by atoms with van der Waals surface area (Å²) < 4.78 is 6.51. The minimum absolute atomic E-state index is 0.129. The first-order valence-electron chi connectivity index (χ1n) is 6.25. The van der Waals surface area contributed by atoms with Gasteiger partial charge in [0.25, 0.3) is 0 Å². The molecule has 1 aromatic carbocycles. The molecule has 0 aliphatic carbocycles. The molecule has 2 heterocycles. The van der Waals surface area contributed by atoms with Crippen LogP contribution in [0.1, 0.15) is 12.8 Å². The van der Waals surface area contributed by atoms with Crippen molar-refractivity contribution in [2.24, 2.45) is 10.7 Å². The predicted octanol–water partition coefficient (Wildman–Crippen LogP) is 2.79. The van der Waals surface area contributed by atoms with Crippen molar-refractivity contribution in [2.45, 2.75) is 18.4 Å². The van der Waals surface area contributed by atoms with Crippen LogP contribution in [0.25, 0.3) is 0 Å². The molecule has 4 nitrogen and oxygen atoms in total. The molecule has 2 N–H and O–H groups in total. The second-order valence-electron chi connectivity index (χ2n) is 4.99. The van der Waals surface area contributed by atoms with Gasteiger partial charge in [-0.05, 0) is 47.0 Å². The van der Waals surface area contributed by atoms with Gasteiger partial charge in [-0.3, -0.25) is 4.99 Å². The van der Waals surface area contributed by atoms with E-state index in [1.54, 1.807) is 0 Å². The highest BCUT2D eigenvalue weighted by molar-refractivity contribution is 9.10. The maximum Gasteiger partial charge on any atom is 0.196 e. The highest BCUT2D eigenvalue weighted by Crippen LogP contribution is 2.37. The van der Waals surface area contributed by atoms with E-state index < -0.39 is 0 Å². The third-order valence-electron chi connectivity index (χ3n) is 3.70. The molecule has 6 heteroatoms. The highest BCUT2D eigenvalue weighted by atomic mass is 79.9. The van der Waals surface area contributed by atoms with Gasteiger partial charge in [0.05, 0.1) is 23.7 Å². The van der Waals surface area contributed by atoms with E-state index in [0.29, 0.717) is 24.1 Å². The Morgan fingerprint density at radius 3 is 3.00 bits per heavy atom. The minimum atomic E-state index is -0.129. The Balaban J connectivity index is 1.99. The van der Waals surface area contributed by atoms with E-state index in [4.69, 9.17) is 22.1 Å². The summed E-state index contributed by atoms with van der Waals surface area (Å²) in [5.41, 5.74) is 6.95. The Bertz CT molecular complexity index is 529. The van der Waals surface area contributed by atoms with Gasteiger partial charge in [0, 0.05) is 16.8 Å². The lowest BCUT2D eigenvalue weighted by Crippen LogP contribution is -2.56. The van der Waals surface area contributed by atoms with Gasteiger partial charge in [-0.25, -0.2) is 0 Å². The molecule has 0 bridgehead atoms. The first-order chi connectivity index (χ1) is 9.12. The second-order valence-corrected chi connectivity index (χ2v) is 6.25. The Labute approximate surface area is 125 Å². The van der Waals surface area contributed by atoms with Crippen LogP contribution in [0.3, 0.4) is 0 Å². The van der Waals surface area contributed by atoms with Crippen molar-refractivity contribution >= 4 is 39.2 Å². The molecule has 0 amide bonds. The van der Waals surface area contributed by atoms with Gasteiger partial charge in [-0.2, -0.15) is 0 Å². The van der Waals surface area contributed by atoms with Crippen molar-refractivity contribution in [1.29, 1.82) is 0 Å². The number of ether oxygens (including phenoxy) is 1. The first-order valence-corrected chi connectivity index (χ1v) is 7.42. The van der Waals surface area contributed by atoms with E-state index in [2.05, 4.69) is 25.8 Å². The zero-order chi connectivity index (χ0) is 13.5. The number of aliphatic imine (C=N–C) groups is 1. The standard InChI is InChI=1S/C13H15BrClN3O/c14-10-6-9(2-3-11(10)15)18-12(16)17-7-13(18)4-1-5-19-8-13/h2-3,6H,1,4-5,7-8H2,(H2,16,17). The van der Waals surface area contributed by atoms with Crippen LogP contribution >= 0.6 is 27.5 Å². The van der Waals surface area contributed by atoms with Gasteiger partial charge in [-0.15, -0.1) is 0 Å². The largest absolute Gasteiger partial charge is 0.379 e. The predicted molar refractivity (Wildman–Crippen MR) is 80.9 cm³/mol. The van der Waals surface area contributed by atoms with Crippen LogP contribution < -0.4 is 10.6 Å². The molecule has 2 aliphatic rings. The summed E-state index contributed by atoms with van der Waals surface area (Å²) in [6.45, 7) is 2.18. The molecule has 1 atom stereocenters. The average molecular weight is 345 g/mol. The number of nitrogens with two attached hydrogens (primary N) is 1. The van der Waals surface area contributed by atoms with Crippen LogP contribution in [0.15, 0.2) is 27.7 Å². The van der Waals surface area contributed by atoms with Crippen molar-refractivity contribution in [3.8, 4) is 0 Å². The fourth-order valence-corrected chi connectivity index (χ4v) is 3.27. The van der Waals surface area contributed by atoms with Crippen LogP contribution in [-0.4, -0.2) is 31.3 Å². The Kier molecular flexibility index (Phi) is 3.45. The Morgan fingerprint density at radius 2 is 2.32 bits per heavy atom. The molecule has 19 heavy (non-hydrogen) atoms. The van der Waals surface area contributed by atoms with Crippen LogP contribution in [-0.2, 0) is 4.74 Å². The number of rotatable bonds is 1. The quantitative estimate of drug-likeness (QED) is 0.852. The van der Waals surface area contributed by atoms with Gasteiger partial charge in [0.1, 0.15) is 0 Å². The number of benzene rings is 1. The minimum Gasteiger partial charge on any atom is -0.379 e. The van der Waals surface area contributed by atoms with Gasteiger partial charge >= 0.3 is 0 Å². The lowest BCUT2D eigenvalue weighted by Gasteiger charge is -2.41. The van der Waals surface area contributed by atoms with Gasteiger partial charge in [-0.1, -0.05) is 11.6 Å². The molecule has 1 spiro atoms. The van der Waals surface area contributed by atoms with Crippen LogP contribution in [0.4, 0.5) is 5.69 Å². The zero-order valence-electron chi connectivity index (χ0n) is 10.4. The van der Waals surface area contributed by atoms with Crippen molar-refractivity contribution in [3.63, 3.8) is 0 Å². The van der Waals surface area contributed by atoms with Gasteiger partial charge in [0.15, 0.2) is 5.96 Å². The molecule has 1 unspecified atom stereocenters. The molecule has 1 saturated heterocycles. The SMILES string of the molecule is NC1=NCC2(CCCOC2)N1c1ccc(Cl)c(Br)c1. The summed E-state index contributed by atoms with van der Waals surface area (Å²) in [5, 5.41) is 0.687. The summed E-state index contributed by atoms with van der Waals surface area (Å²) in [5.74, 6) is 0.555. The molecule has 0 saturated carbocycles. The van der Waals surface area contributed by atoms with Crippen LogP contribution in [0, 0.1) is 0 Å². The molecule has 3 rings (SSSR count). The van der Waals surface area contributed by atoms with Crippen molar-refractivity contribution < 1.29 is 4.74 Å². The molecule has 0 aromatic heterocycles. The molecular formula is C13H15BrClN3O. The van der Waals surface area contributed by atoms with Crippen molar-refractivity contribution in [2.75, 3.05) is 24.7 Å². The molecule has 1 fully saturated rings. The topological polar surface area (TPSA) is 50.9 Å². The van der Waals surface area contributed by atoms with E-state index in [1.165, 1.54) is 0 Å². The average Bonchev–Trinajstić information content (AvgIpc) is 2.71. The van der Waals surface area contributed by atoms with Crippen LogP contribution in [0.2, 0.25) is 5.02 Å². The summed E-state index contributed by atoms with van der Waals surface area (Å²) in [6, 6.07) is 5.81. The Hall–Kier alpha value is -0.780. The zero-order valence-corrected chi connectivity index (χ0v) is 12.7. The number of halogens is 2. The number of nitrogens with zero attached hydrogens (tertiary/aromatic N) is 2. The fraction of sp³-hybridized carbons (Fsp3) is 0.462. The number of hydrogen-bond acceptors (Lipinski definition) is 4. The lowest BCUT2D eigenvalue weighted by atomic mass is 9.91. The Morgan fingerprint density at radius 1 is 1.47 bits per heavy atom. The molecule has 1 aromatic rings. The summed E-state index contributed by atoms with van der Waals surface area (Å²) in [7, 11) is 0. The smallest absolute Gasteiger partial charge is 0.196 e. The number of anilines is 1. The summed E-state index contributed by atoms with van der Waals surface area (Å²) in [4.78, 5) is 6.51. The number of guanidine groups is 1. The lowest BCUT2D eigenvalue weighted by molar-refractivity contribution is 0.0459. The second kappa shape index (κ2) is 4.96. The fourth-order valence-electron chi connectivity index (χ4n) is 2.78. The third-order valence-corrected chi connectivity index (χ3v) is 4.92. The third kappa shape index (κ3) is 2.24. The van der Waals surface area contributed by atoms with Gasteiger partial charge < -0.3 is 15.4 Å². The molecular weight excluding hydrogens is 330 g/mol. The maximum atomic E-state index is 6.08. The van der Waals surface area contributed by atoms with E-state index in [0.717, 1.165) is 29.6 Å².